The third kappa shape index (κ3) is 3.11. The van der Waals surface area contributed by atoms with Crippen molar-refractivity contribution in [3.63, 3.8) is 0 Å². The first-order valence-electron chi connectivity index (χ1n) is 6.44. The van der Waals surface area contributed by atoms with Crippen LogP contribution in [0.2, 0.25) is 5.02 Å². The Morgan fingerprint density at radius 2 is 1.80 bits per heavy atom. The van der Waals surface area contributed by atoms with Crippen LogP contribution in [-0.4, -0.2) is 19.8 Å². The lowest BCUT2D eigenvalue weighted by Crippen LogP contribution is -2.13. The van der Waals surface area contributed by atoms with Gasteiger partial charge in [0.25, 0.3) is 0 Å². The third-order valence-corrected chi connectivity index (χ3v) is 3.40. The van der Waals surface area contributed by atoms with Gasteiger partial charge in [0.15, 0.2) is 0 Å². The molecule has 0 bridgehead atoms. The Labute approximate surface area is 124 Å². The summed E-state index contributed by atoms with van der Waals surface area (Å²) in [7, 11) is 3.79. The molecule has 3 nitrogen and oxygen atoms in total. The molecule has 0 heterocycles. The van der Waals surface area contributed by atoms with Crippen molar-refractivity contribution >= 4 is 28.7 Å². The van der Waals surface area contributed by atoms with E-state index in [0.29, 0.717) is 5.02 Å². The van der Waals surface area contributed by atoms with Crippen LogP contribution in [0.4, 0.5) is 11.4 Å². The molecule has 0 saturated heterocycles. The zero-order chi connectivity index (χ0) is 14.5. The number of rotatable bonds is 4. The van der Waals surface area contributed by atoms with Crippen LogP contribution >= 0.6 is 11.6 Å². The summed E-state index contributed by atoms with van der Waals surface area (Å²) in [5, 5.41) is 10.3. The van der Waals surface area contributed by atoms with Crippen LogP contribution in [-0.2, 0) is 0 Å². The molecule has 0 amide bonds. The number of hydrogen-bond donors (Lipinski definition) is 1. The van der Waals surface area contributed by atoms with Crippen molar-refractivity contribution in [3.05, 3.63) is 59.1 Å². The second kappa shape index (κ2) is 6.44. The predicted octanol–water partition coefficient (Wildman–Crippen LogP) is 4.24. The first-order chi connectivity index (χ1) is 9.63. The summed E-state index contributed by atoms with van der Waals surface area (Å²) in [5.74, 6) is 0. The van der Waals surface area contributed by atoms with E-state index < -0.39 is 0 Å². The Kier molecular flexibility index (Phi) is 4.64. The lowest BCUT2D eigenvalue weighted by atomic mass is 10.1. The predicted molar refractivity (Wildman–Crippen MR) is 88.1 cm³/mol. The van der Waals surface area contributed by atoms with Crippen LogP contribution in [0.1, 0.15) is 12.5 Å². The SMILES string of the molecule is CNc1c(Cl)cccc1/C(C)=N/N(C)c1ccccc1. The third-order valence-electron chi connectivity index (χ3n) is 3.08. The molecule has 4 heteroatoms. The highest BCUT2D eigenvalue weighted by molar-refractivity contribution is 6.34. The normalized spacial score (nSPS) is 11.3. The number of hydrazone groups is 1. The van der Waals surface area contributed by atoms with Crippen LogP contribution in [0, 0.1) is 0 Å². The molecule has 2 aromatic rings. The molecule has 0 aliphatic heterocycles. The van der Waals surface area contributed by atoms with Crippen LogP contribution in [0.15, 0.2) is 53.6 Å². The Morgan fingerprint density at radius 3 is 2.45 bits per heavy atom. The van der Waals surface area contributed by atoms with E-state index in [-0.39, 0.29) is 0 Å². The molecule has 0 unspecified atom stereocenters. The maximum absolute atomic E-state index is 6.20. The molecular weight excluding hydrogens is 270 g/mol. The van der Waals surface area contributed by atoms with Crippen LogP contribution < -0.4 is 10.3 Å². The van der Waals surface area contributed by atoms with E-state index in [4.69, 9.17) is 11.6 Å². The summed E-state index contributed by atoms with van der Waals surface area (Å²) in [5.41, 5.74) is 3.85. The molecule has 2 aromatic carbocycles. The fourth-order valence-electron chi connectivity index (χ4n) is 2.06. The molecule has 0 saturated carbocycles. The molecule has 20 heavy (non-hydrogen) atoms. The molecule has 104 valence electrons. The van der Waals surface area contributed by atoms with E-state index in [1.54, 1.807) is 0 Å². The zero-order valence-electron chi connectivity index (χ0n) is 11.9. The van der Waals surface area contributed by atoms with Gasteiger partial charge in [-0.15, -0.1) is 0 Å². The summed E-state index contributed by atoms with van der Waals surface area (Å²) < 4.78 is 0. The van der Waals surface area contributed by atoms with Gasteiger partial charge in [-0.05, 0) is 25.1 Å². The molecule has 1 N–H and O–H groups in total. The largest absolute Gasteiger partial charge is 0.386 e. The molecular formula is C16H18ClN3. The maximum Gasteiger partial charge on any atom is 0.0672 e. The standard InChI is InChI=1S/C16H18ClN3/c1-12(14-10-7-11-15(17)16(14)18-2)19-20(3)13-8-5-4-6-9-13/h4-11,18H,1-3H3/b19-12+. The topological polar surface area (TPSA) is 27.6 Å². The lowest BCUT2D eigenvalue weighted by Gasteiger charge is -2.16. The van der Waals surface area contributed by atoms with E-state index in [2.05, 4.69) is 10.4 Å². The molecule has 0 spiro atoms. The fraction of sp³-hybridized carbons (Fsp3) is 0.188. The Morgan fingerprint density at radius 1 is 1.10 bits per heavy atom. The number of nitrogens with zero attached hydrogens (tertiary/aromatic N) is 2. The molecule has 0 fully saturated rings. The van der Waals surface area contributed by atoms with Crippen molar-refractivity contribution in [3.8, 4) is 0 Å². The summed E-state index contributed by atoms with van der Waals surface area (Å²) in [6.07, 6.45) is 0. The molecule has 0 radical (unpaired) electrons. The Hall–Kier alpha value is -2.00. The van der Waals surface area contributed by atoms with E-state index in [1.165, 1.54) is 0 Å². The number of hydrogen-bond acceptors (Lipinski definition) is 3. The number of para-hydroxylation sites is 2. The molecule has 0 aromatic heterocycles. The summed E-state index contributed by atoms with van der Waals surface area (Å²) in [4.78, 5) is 0. The average Bonchev–Trinajstić information content (AvgIpc) is 2.47. The smallest absolute Gasteiger partial charge is 0.0672 e. The van der Waals surface area contributed by atoms with E-state index in [9.17, 15) is 0 Å². The average molecular weight is 288 g/mol. The van der Waals surface area contributed by atoms with Gasteiger partial charge in [-0.1, -0.05) is 41.9 Å². The van der Waals surface area contributed by atoms with E-state index in [1.807, 2.05) is 74.6 Å². The lowest BCUT2D eigenvalue weighted by molar-refractivity contribution is 1.01. The van der Waals surface area contributed by atoms with Crippen molar-refractivity contribution in [2.45, 2.75) is 6.92 Å². The number of nitrogens with one attached hydrogen (secondary N) is 1. The minimum absolute atomic E-state index is 0.696. The van der Waals surface area contributed by atoms with E-state index in [0.717, 1.165) is 22.6 Å². The monoisotopic (exact) mass is 287 g/mol. The van der Waals surface area contributed by atoms with Gasteiger partial charge < -0.3 is 5.32 Å². The van der Waals surface area contributed by atoms with Gasteiger partial charge in [0.2, 0.25) is 0 Å². The van der Waals surface area contributed by atoms with Crippen LogP contribution in [0.5, 0.6) is 0 Å². The van der Waals surface area contributed by atoms with Crippen LogP contribution in [0.25, 0.3) is 0 Å². The highest BCUT2D eigenvalue weighted by atomic mass is 35.5. The molecule has 2 rings (SSSR count). The zero-order valence-corrected chi connectivity index (χ0v) is 12.6. The second-order valence-corrected chi connectivity index (χ2v) is 4.86. The van der Waals surface area contributed by atoms with Crippen LogP contribution in [0.3, 0.4) is 0 Å². The van der Waals surface area contributed by atoms with Gasteiger partial charge in [0, 0.05) is 19.7 Å². The van der Waals surface area contributed by atoms with Gasteiger partial charge >= 0.3 is 0 Å². The van der Waals surface area contributed by atoms with Gasteiger partial charge in [-0.3, -0.25) is 5.01 Å². The van der Waals surface area contributed by atoms with Gasteiger partial charge in [-0.25, -0.2) is 0 Å². The summed E-state index contributed by atoms with van der Waals surface area (Å²) in [6, 6.07) is 15.8. The number of benzene rings is 2. The Bertz CT molecular complexity index is 608. The maximum atomic E-state index is 6.20. The van der Waals surface area contributed by atoms with Crippen molar-refractivity contribution in [1.29, 1.82) is 0 Å². The minimum Gasteiger partial charge on any atom is -0.386 e. The van der Waals surface area contributed by atoms with Crippen molar-refractivity contribution in [1.82, 2.24) is 0 Å². The first kappa shape index (κ1) is 14.4. The molecule has 0 aliphatic rings. The van der Waals surface area contributed by atoms with Gasteiger partial charge in [-0.2, -0.15) is 5.10 Å². The minimum atomic E-state index is 0.696. The van der Waals surface area contributed by atoms with Gasteiger partial charge in [0.05, 0.1) is 22.1 Å². The van der Waals surface area contributed by atoms with Crippen molar-refractivity contribution in [2.24, 2.45) is 5.10 Å². The number of anilines is 2. The molecule has 0 aliphatic carbocycles. The fourth-order valence-corrected chi connectivity index (χ4v) is 2.33. The first-order valence-corrected chi connectivity index (χ1v) is 6.82. The Balaban J connectivity index is 2.34. The number of halogens is 1. The van der Waals surface area contributed by atoms with Crippen molar-refractivity contribution < 1.29 is 0 Å². The van der Waals surface area contributed by atoms with Gasteiger partial charge in [0.1, 0.15) is 0 Å². The highest BCUT2D eigenvalue weighted by Crippen LogP contribution is 2.26. The second-order valence-electron chi connectivity index (χ2n) is 4.46. The quantitative estimate of drug-likeness (QED) is 0.673. The van der Waals surface area contributed by atoms with Crippen molar-refractivity contribution in [2.75, 3.05) is 24.4 Å². The highest BCUT2D eigenvalue weighted by Gasteiger charge is 2.09. The molecule has 0 atom stereocenters. The van der Waals surface area contributed by atoms with E-state index >= 15 is 0 Å². The summed E-state index contributed by atoms with van der Waals surface area (Å²) >= 11 is 6.20. The summed E-state index contributed by atoms with van der Waals surface area (Å²) in [6.45, 7) is 1.98.